The summed E-state index contributed by atoms with van der Waals surface area (Å²) in [6.07, 6.45) is -0.727. The zero-order valence-electron chi connectivity index (χ0n) is 16.5. The Morgan fingerprint density at radius 2 is 0.938 bits per heavy atom. The van der Waals surface area contributed by atoms with Crippen molar-refractivity contribution in [3.05, 3.63) is 58.7 Å². The lowest BCUT2D eigenvalue weighted by atomic mass is 9.97. The Morgan fingerprint density at radius 1 is 0.594 bits per heavy atom. The van der Waals surface area contributed by atoms with Gasteiger partial charge in [-0.15, -0.1) is 0 Å². The van der Waals surface area contributed by atoms with Crippen LogP contribution in [0.5, 0.6) is 0 Å². The maximum absolute atomic E-state index is 12.6. The minimum atomic E-state index is -1.13. The second kappa shape index (κ2) is 7.73. The van der Waals surface area contributed by atoms with E-state index >= 15 is 0 Å². The fraction of sp³-hybridized carbons (Fsp3) is 0.182. The molecule has 0 spiro atoms. The van der Waals surface area contributed by atoms with Gasteiger partial charge in [0.1, 0.15) is 0 Å². The van der Waals surface area contributed by atoms with Gasteiger partial charge in [0.2, 0.25) is 0 Å². The van der Waals surface area contributed by atoms with Gasteiger partial charge in [-0.2, -0.15) is 0 Å². The van der Waals surface area contributed by atoms with Crippen molar-refractivity contribution in [2.45, 2.75) is 12.8 Å². The van der Waals surface area contributed by atoms with E-state index < -0.39 is 35.6 Å². The quantitative estimate of drug-likeness (QED) is 0.620. The van der Waals surface area contributed by atoms with Crippen LogP contribution in [0.15, 0.2) is 36.4 Å². The monoisotopic (exact) mass is 436 g/mol. The van der Waals surface area contributed by atoms with Gasteiger partial charge in [-0.1, -0.05) is 12.1 Å². The number of rotatable bonds is 7. The number of fused-ring (bicyclic) bond motifs is 2. The molecule has 10 nitrogen and oxygen atoms in total. The molecule has 0 aliphatic carbocycles. The Balaban J connectivity index is 1.63. The zero-order valence-corrected chi connectivity index (χ0v) is 16.5. The van der Waals surface area contributed by atoms with E-state index in [1.165, 1.54) is 24.3 Å². The van der Waals surface area contributed by atoms with Crippen molar-refractivity contribution >= 4 is 35.6 Å². The van der Waals surface area contributed by atoms with Crippen molar-refractivity contribution in [3.63, 3.8) is 0 Å². The van der Waals surface area contributed by atoms with Crippen LogP contribution in [-0.2, 0) is 9.59 Å². The molecule has 0 aromatic heterocycles. The summed E-state index contributed by atoms with van der Waals surface area (Å²) in [5, 5.41) is 17.6. The van der Waals surface area contributed by atoms with Crippen molar-refractivity contribution in [1.82, 2.24) is 9.80 Å². The van der Waals surface area contributed by atoms with Crippen LogP contribution in [-0.4, -0.2) is 68.7 Å². The van der Waals surface area contributed by atoms with Crippen LogP contribution in [0.2, 0.25) is 0 Å². The smallest absolute Gasteiger partial charge is 0.305 e. The summed E-state index contributed by atoms with van der Waals surface area (Å²) >= 11 is 0. The van der Waals surface area contributed by atoms with Gasteiger partial charge in [0, 0.05) is 13.1 Å². The number of imide groups is 2. The lowest BCUT2D eigenvalue weighted by Gasteiger charge is -2.11. The highest BCUT2D eigenvalue weighted by atomic mass is 16.4. The van der Waals surface area contributed by atoms with Crippen LogP contribution >= 0.6 is 0 Å². The molecule has 32 heavy (non-hydrogen) atoms. The molecule has 10 heteroatoms. The van der Waals surface area contributed by atoms with Crippen LogP contribution in [0.3, 0.4) is 0 Å². The van der Waals surface area contributed by atoms with Crippen LogP contribution in [0, 0.1) is 0 Å². The van der Waals surface area contributed by atoms with E-state index in [9.17, 15) is 28.8 Å². The fourth-order valence-electron chi connectivity index (χ4n) is 3.76. The molecule has 0 saturated heterocycles. The van der Waals surface area contributed by atoms with Gasteiger partial charge in [-0.3, -0.25) is 38.6 Å². The fourth-order valence-corrected chi connectivity index (χ4v) is 3.76. The molecule has 4 amide bonds. The van der Waals surface area contributed by atoms with E-state index in [1.54, 1.807) is 12.1 Å². The first-order valence-electron chi connectivity index (χ1n) is 9.63. The van der Waals surface area contributed by atoms with E-state index in [0.717, 1.165) is 9.80 Å². The Bertz CT molecular complexity index is 1140. The molecule has 2 aromatic carbocycles. The molecular weight excluding hydrogens is 420 g/mol. The average molecular weight is 436 g/mol. The van der Waals surface area contributed by atoms with Crippen LogP contribution in [0.1, 0.15) is 54.3 Å². The number of carbonyl (C=O) groups excluding carboxylic acids is 4. The maximum Gasteiger partial charge on any atom is 0.305 e. The molecule has 0 bridgehead atoms. The Labute approximate surface area is 180 Å². The van der Waals surface area contributed by atoms with Crippen molar-refractivity contribution in [2.75, 3.05) is 13.1 Å². The summed E-state index contributed by atoms with van der Waals surface area (Å²) < 4.78 is 0. The highest BCUT2D eigenvalue weighted by molar-refractivity contribution is 6.23. The van der Waals surface area contributed by atoms with E-state index in [0.29, 0.717) is 11.1 Å². The lowest BCUT2D eigenvalue weighted by Crippen LogP contribution is -2.31. The second-order valence-corrected chi connectivity index (χ2v) is 7.33. The first-order chi connectivity index (χ1) is 15.2. The average Bonchev–Trinajstić information content (AvgIpc) is 3.14. The third kappa shape index (κ3) is 3.41. The zero-order chi connectivity index (χ0) is 23.2. The van der Waals surface area contributed by atoms with Gasteiger partial charge in [0.25, 0.3) is 23.6 Å². The molecule has 2 aliphatic heterocycles. The SMILES string of the molecule is O=C(O)CCN1C(=O)c2ccc(-c3ccc4c(c3)C(=O)N(CCC(=O)O)C4=O)cc2C1=O. The Hall–Kier alpha value is -4.34. The Morgan fingerprint density at radius 3 is 1.28 bits per heavy atom. The van der Waals surface area contributed by atoms with E-state index in [2.05, 4.69) is 0 Å². The van der Waals surface area contributed by atoms with Crippen LogP contribution in [0.4, 0.5) is 0 Å². The summed E-state index contributed by atoms with van der Waals surface area (Å²) in [5.41, 5.74) is 1.63. The normalized spacial score (nSPS) is 14.8. The topological polar surface area (TPSA) is 149 Å². The summed E-state index contributed by atoms with van der Waals surface area (Å²) in [5.74, 6) is -4.59. The number of aliphatic carboxylic acids is 2. The first kappa shape index (κ1) is 20.9. The summed E-state index contributed by atoms with van der Waals surface area (Å²) in [4.78, 5) is 73.4. The first-order valence-corrected chi connectivity index (χ1v) is 9.63. The molecule has 2 aliphatic rings. The molecule has 2 aromatic rings. The number of carbonyl (C=O) groups is 6. The van der Waals surface area contributed by atoms with Crippen molar-refractivity contribution in [1.29, 1.82) is 0 Å². The molecule has 0 atom stereocenters. The van der Waals surface area contributed by atoms with Gasteiger partial charge in [0.15, 0.2) is 0 Å². The van der Waals surface area contributed by atoms with Gasteiger partial charge >= 0.3 is 11.9 Å². The summed E-state index contributed by atoms with van der Waals surface area (Å²) in [7, 11) is 0. The van der Waals surface area contributed by atoms with Gasteiger partial charge < -0.3 is 10.2 Å². The maximum atomic E-state index is 12.6. The van der Waals surface area contributed by atoms with Crippen molar-refractivity contribution in [3.8, 4) is 11.1 Å². The highest BCUT2D eigenvalue weighted by Crippen LogP contribution is 2.32. The molecule has 0 fully saturated rings. The molecule has 2 N–H and O–H groups in total. The van der Waals surface area contributed by atoms with E-state index in [1.807, 2.05) is 0 Å². The summed E-state index contributed by atoms with van der Waals surface area (Å²) in [6, 6.07) is 9.09. The van der Waals surface area contributed by atoms with Crippen LogP contribution < -0.4 is 0 Å². The Kier molecular flexibility index (Phi) is 5.05. The molecule has 162 valence electrons. The van der Waals surface area contributed by atoms with Crippen molar-refractivity contribution < 1.29 is 39.0 Å². The largest absolute Gasteiger partial charge is 0.481 e. The predicted octanol–water partition coefficient (Wildman–Crippen LogP) is 1.50. The molecular formula is C22H16N2O8. The molecule has 0 unspecified atom stereocenters. The number of nitrogens with zero attached hydrogens (tertiary/aromatic N) is 2. The lowest BCUT2D eigenvalue weighted by molar-refractivity contribution is -0.138. The number of amides is 4. The van der Waals surface area contributed by atoms with Gasteiger partial charge in [-0.05, 0) is 35.4 Å². The second-order valence-electron chi connectivity index (χ2n) is 7.33. The molecule has 0 saturated carbocycles. The van der Waals surface area contributed by atoms with Gasteiger partial charge in [-0.25, -0.2) is 0 Å². The number of hydrogen-bond donors (Lipinski definition) is 2. The predicted molar refractivity (Wildman–Crippen MR) is 107 cm³/mol. The molecule has 4 rings (SSSR count). The van der Waals surface area contributed by atoms with Crippen LogP contribution in [0.25, 0.3) is 11.1 Å². The summed E-state index contributed by atoms with van der Waals surface area (Å²) in [6.45, 7) is -0.475. The minimum absolute atomic E-state index is 0.129. The van der Waals surface area contributed by atoms with E-state index in [4.69, 9.17) is 10.2 Å². The molecule has 0 radical (unpaired) electrons. The number of carboxylic acid groups (broad SMARTS) is 2. The van der Waals surface area contributed by atoms with E-state index in [-0.39, 0.29) is 48.2 Å². The number of benzene rings is 2. The standard InChI is InChI=1S/C22H16N2O8/c25-17(26)5-7-23-19(29)13-3-1-11(9-15(13)21(23)31)12-2-4-14-16(10-12)22(32)24(20(14)30)8-6-18(27)28/h1-4,9-10H,5-8H2,(H,25,26)(H,27,28). The number of carboxylic acids is 2. The third-order valence-corrected chi connectivity index (χ3v) is 5.37. The minimum Gasteiger partial charge on any atom is -0.481 e. The third-order valence-electron chi connectivity index (χ3n) is 5.37. The van der Waals surface area contributed by atoms with Crippen molar-refractivity contribution in [2.24, 2.45) is 0 Å². The number of hydrogen-bond acceptors (Lipinski definition) is 6. The highest BCUT2D eigenvalue weighted by Gasteiger charge is 2.37. The van der Waals surface area contributed by atoms with Gasteiger partial charge in [0.05, 0.1) is 35.1 Å². The molecule has 2 heterocycles.